The summed E-state index contributed by atoms with van der Waals surface area (Å²) in [4.78, 5) is 32.0. The highest BCUT2D eigenvalue weighted by atomic mass is 35.5. The van der Waals surface area contributed by atoms with E-state index in [1.165, 1.54) is 17.2 Å². The van der Waals surface area contributed by atoms with Crippen molar-refractivity contribution in [3.05, 3.63) is 99.6 Å². The molecule has 0 saturated heterocycles. The van der Waals surface area contributed by atoms with E-state index in [4.69, 9.17) is 17.3 Å². The average molecular weight is 438 g/mol. The predicted octanol–water partition coefficient (Wildman–Crippen LogP) is 4.54. The van der Waals surface area contributed by atoms with Gasteiger partial charge in [-0.3, -0.25) is 14.6 Å². The molecule has 2 amide bonds. The number of aromatic nitrogens is 1. The maximum absolute atomic E-state index is 14.6. The van der Waals surface area contributed by atoms with Crippen LogP contribution in [0.25, 0.3) is 0 Å². The summed E-state index contributed by atoms with van der Waals surface area (Å²) in [5, 5.41) is 0.242. The lowest BCUT2D eigenvalue weighted by atomic mass is 9.97. The molecule has 2 aromatic carbocycles. The van der Waals surface area contributed by atoms with E-state index in [1.807, 2.05) is 6.07 Å². The maximum Gasteiger partial charge on any atom is 0.255 e. The van der Waals surface area contributed by atoms with Gasteiger partial charge in [-0.25, -0.2) is 4.39 Å². The van der Waals surface area contributed by atoms with Gasteiger partial charge in [-0.1, -0.05) is 41.9 Å². The van der Waals surface area contributed by atoms with Gasteiger partial charge in [0.25, 0.3) is 5.91 Å². The molecule has 4 rings (SSSR count). The predicted molar refractivity (Wildman–Crippen MR) is 116 cm³/mol. The number of pyridine rings is 1. The van der Waals surface area contributed by atoms with Crippen molar-refractivity contribution >= 4 is 23.4 Å². The van der Waals surface area contributed by atoms with Crippen molar-refractivity contribution in [2.45, 2.75) is 31.8 Å². The molecule has 0 spiro atoms. The van der Waals surface area contributed by atoms with E-state index in [1.54, 1.807) is 49.5 Å². The molecule has 158 valence electrons. The molecule has 5 nitrogen and oxygen atoms in total. The number of nitrogens with two attached hydrogens (primary N) is 1. The third-order valence-electron chi connectivity index (χ3n) is 5.71. The van der Waals surface area contributed by atoms with E-state index in [9.17, 15) is 14.0 Å². The van der Waals surface area contributed by atoms with Gasteiger partial charge in [0.15, 0.2) is 0 Å². The number of carbonyl (C=O) groups excluding carboxylic acids is 2. The summed E-state index contributed by atoms with van der Waals surface area (Å²) in [7, 11) is 0. The lowest BCUT2D eigenvalue weighted by Crippen LogP contribution is -2.43. The molecule has 1 aromatic heterocycles. The Morgan fingerprint density at radius 3 is 2.65 bits per heavy atom. The highest BCUT2D eigenvalue weighted by molar-refractivity contribution is 6.30. The fourth-order valence-electron chi connectivity index (χ4n) is 4.30. The van der Waals surface area contributed by atoms with Crippen LogP contribution in [0.4, 0.5) is 4.39 Å². The second-order valence-electron chi connectivity index (χ2n) is 7.63. The van der Waals surface area contributed by atoms with Crippen LogP contribution in [0.5, 0.6) is 0 Å². The van der Waals surface area contributed by atoms with Crippen molar-refractivity contribution in [3.8, 4) is 0 Å². The van der Waals surface area contributed by atoms with Gasteiger partial charge in [0.2, 0.25) is 5.91 Å². The summed E-state index contributed by atoms with van der Waals surface area (Å²) in [6.45, 7) is 1.78. The summed E-state index contributed by atoms with van der Waals surface area (Å²) in [6, 6.07) is 11.9. The molecule has 31 heavy (non-hydrogen) atoms. The molecule has 1 heterocycles. The SMILES string of the molecule is Cc1cnccc1C(=O)N([C@@H]1CCc2c(F)cc(Cl)cc21)[C@@H](C(N)=O)c1ccccc1. The second kappa shape index (κ2) is 8.47. The molecule has 0 fully saturated rings. The third kappa shape index (κ3) is 3.91. The first kappa shape index (κ1) is 21.0. The Labute approximate surface area is 184 Å². The number of fused-ring (bicyclic) bond motifs is 1. The fraction of sp³-hybridized carbons (Fsp3) is 0.208. The van der Waals surface area contributed by atoms with Crippen LogP contribution in [-0.4, -0.2) is 21.7 Å². The van der Waals surface area contributed by atoms with Crippen LogP contribution in [-0.2, 0) is 11.2 Å². The molecule has 0 bridgehead atoms. The zero-order valence-electron chi connectivity index (χ0n) is 16.9. The minimum Gasteiger partial charge on any atom is -0.368 e. The van der Waals surface area contributed by atoms with Gasteiger partial charge in [-0.15, -0.1) is 0 Å². The monoisotopic (exact) mass is 437 g/mol. The molecule has 2 N–H and O–H groups in total. The Morgan fingerprint density at radius 2 is 1.97 bits per heavy atom. The van der Waals surface area contributed by atoms with Gasteiger partial charge in [0.05, 0.1) is 6.04 Å². The molecule has 2 atom stereocenters. The normalized spacial score (nSPS) is 15.9. The van der Waals surface area contributed by atoms with Gasteiger partial charge in [-0.2, -0.15) is 0 Å². The first-order valence-corrected chi connectivity index (χ1v) is 10.3. The van der Waals surface area contributed by atoms with Crippen molar-refractivity contribution in [3.63, 3.8) is 0 Å². The zero-order valence-corrected chi connectivity index (χ0v) is 17.6. The van der Waals surface area contributed by atoms with Gasteiger partial charge < -0.3 is 10.6 Å². The number of hydrogen-bond donors (Lipinski definition) is 1. The minimum absolute atomic E-state index is 0.242. The number of amides is 2. The summed E-state index contributed by atoms with van der Waals surface area (Å²) >= 11 is 6.14. The molecular weight excluding hydrogens is 417 g/mol. The Bertz CT molecular complexity index is 1150. The molecule has 0 aliphatic heterocycles. The quantitative estimate of drug-likeness (QED) is 0.636. The van der Waals surface area contributed by atoms with Gasteiger partial charge in [-0.05, 0) is 60.2 Å². The molecular formula is C24H21ClFN3O2. The van der Waals surface area contributed by atoms with Crippen molar-refractivity contribution in [1.82, 2.24) is 9.88 Å². The van der Waals surface area contributed by atoms with Crippen LogP contribution in [0.2, 0.25) is 5.02 Å². The third-order valence-corrected chi connectivity index (χ3v) is 5.92. The van der Waals surface area contributed by atoms with E-state index < -0.39 is 23.8 Å². The van der Waals surface area contributed by atoms with E-state index in [0.717, 1.165) is 0 Å². The molecule has 1 aliphatic carbocycles. The number of primary amides is 1. The number of hydrogen-bond acceptors (Lipinski definition) is 3. The standard InChI is InChI=1S/C24H21ClFN3O2/c1-14-13-28-10-9-17(14)24(31)29(22(23(27)30)15-5-3-2-4-6-15)21-8-7-18-19(21)11-16(25)12-20(18)26/h2-6,9-13,21-22H,7-8H2,1H3,(H2,27,30)/t21-,22-/m1/s1. The van der Waals surface area contributed by atoms with Crippen molar-refractivity contribution < 1.29 is 14.0 Å². The first-order chi connectivity index (χ1) is 14.9. The Kier molecular flexibility index (Phi) is 5.74. The van der Waals surface area contributed by atoms with E-state index in [2.05, 4.69) is 4.98 Å². The van der Waals surface area contributed by atoms with Crippen molar-refractivity contribution in [2.75, 3.05) is 0 Å². The average Bonchev–Trinajstić information content (AvgIpc) is 3.16. The lowest BCUT2D eigenvalue weighted by Gasteiger charge is -2.36. The van der Waals surface area contributed by atoms with Crippen LogP contribution in [0.1, 0.15) is 51.1 Å². The van der Waals surface area contributed by atoms with Gasteiger partial charge in [0.1, 0.15) is 11.9 Å². The minimum atomic E-state index is -1.03. The van der Waals surface area contributed by atoms with Crippen molar-refractivity contribution in [1.29, 1.82) is 0 Å². The number of rotatable bonds is 5. The highest BCUT2D eigenvalue weighted by Gasteiger charge is 2.40. The number of benzene rings is 2. The highest BCUT2D eigenvalue weighted by Crippen LogP contribution is 2.43. The van der Waals surface area contributed by atoms with Crippen LogP contribution in [0.15, 0.2) is 60.9 Å². The second-order valence-corrected chi connectivity index (χ2v) is 8.06. The molecule has 0 saturated carbocycles. The number of halogens is 2. The number of nitrogens with zero attached hydrogens (tertiary/aromatic N) is 2. The van der Waals surface area contributed by atoms with Crippen LogP contribution in [0, 0.1) is 12.7 Å². The zero-order chi connectivity index (χ0) is 22.1. The fourth-order valence-corrected chi connectivity index (χ4v) is 4.51. The van der Waals surface area contributed by atoms with Crippen LogP contribution >= 0.6 is 11.6 Å². The molecule has 0 radical (unpaired) electrons. The Hall–Kier alpha value is -3.25. The maximum atomic E-state index is 14.6. The van der Waals surface area contributed by atoms with Gasteiger partial charge >= 0.3 is 0 Å². The largest absolute Gasteiger partial charge is 0.368 e. The van der Waals surface area contributed by atoms with Crippen LogP contribution in [0.3, 0.4) is 0 Å². The van der Waals surface area contributed by atoms with Crippen LogP contribution < -0.4 is 5.73 Å². The molecule has 0 unspecified atom stereocenters. The van der Waals surface area contributed by atoms with E-state index in [0.29, 0.717) is 40.7 Å². The lowest BCUT2D eigenvalue weighted by molar-refractivity contribution is -0.123. The topological polar surface area (TPSA) is 76.3 Å². The Morgan fingerprint density at radius 1 is 1.23 bits per heavy atom. The van der Waals surface area contributed by atoms with Crippen molar-refractivity contribution in [2.24, 2.45) is 5.73 Å². The first-order valence-electron chi connectivity index (χ1n) is 9.94. The summed E-state index contributed by atoms with van der Waals surface area (Å²) < 4.78 is 14.6. The smallest absolute Gasteiger partial charge is 0.255 e. The summed E-state index contributed by atoms with van der Waals surface area (Å²) in [5.74, 6) is -1.44. The summed E-state index contributed by atoms with van der Waals surface area (Å²) in [6.07, 6.45) is 4.01. The van der Waals surface area contributed by atoms with Gasteiger partial charge in [0, 0.05) is 23.0 Å². The number of aryl methyl sites for hydroxylation is 1. The molecule has 1 aliphatic rings. The van der Waals surface area contributed by atoms with E-state index in [-0.39, 0.29) is 10.9 Å². The number of carbonyl (C=O) groups is 2. The van der Waals surface area contributed by atoms with E-state index >= 15 is 0 Å². The Balaban J connectivity index is 1.90. The summed E-state index contributed by atoms with van der Waals surface area (Å²) in [5.41, 5.74) is 8.61. The molecule has 7 heteroatoms. The molecule has 3 aromatic rings.